The van der Waals surface area contributed by atoms with Crippen molar-refractivity contribution < 1.29 is 18.8 Å². The minimum absolute atomic E-state index is 0.0681. The van der Waals surface area contributed by atoms with Gasteiger partial charge in [0.05, 0.1) is 22.4 Å². The quantitative estimate of drug-likeness (QED) is 0.484. The fourth-order valence-corrected chi connectivity index (χ4v) is 1.85. The number of nitrogens with zero attached hydrogens (tertiary/aromatic N) is 2. The van der Waals surface area contributed by atoms with Gasteiger partial charge in [-0.05, 0) is 19.1 Å². The lowest BCUT2D eigenvalue weighted by Crippen LogP contribution is -2.17. The third kappa shape index (κ3) is 2.26. The van der Waals surface area contributed by atoms with Crippen molar-refractivity contribution in [1.82, 2.24) is 4.57 Å². The summed E-state index contributed by atoms with van der Waals surface area (Å²) in [5, 5.41) is 11.1. The topological polar surface area (TPSA) is 74.4 Å². The van der Waals surface area contributed by atoms with Crippen LogP contribution in [0, 0.1) is 10.1 Å². The Bertz CT molecular complexity index is 638. The Labute approximate surface area is 107 Å². The molecule has 0 radical (unpaired) electrons. The molecule has 1 atom stereocenters. The summed E-state index contributed by atoms with van der Waals surface area (Å²) in [4.78, 5) is 21.6. The first-order chi connectivity index (χ1) is 9.06. The molecule has 0 bridgehead atoms. The van der Waals surface area contributed by atoms with Gasteiger partial charge in [-0.3, -0.25) is 10.1 Å². The van der Waals surface area contributed by atoms with Gasteiger partial charge >= 0.3 is 5.97 Å². The summed E-state index contributed by atoms with van der Waals surface area (Å²) >= 11 is 0. The van der Waals surface area contributed by atoms with Crippen LogP contribution < -0.4 is 0 Å². The van der Waals surface area contributed by atoms with Gasteiger partial charge in [-0.25, -0.2) is 9.18 Å². The van der Waals surface area contributed by atoms with Crippen LogP contribution >= 0.6 is 0 Å². The molecule has 6 nitrogen and oxygen atoms in total. The van der Waals surface area contributed by atoms with Gasteiger partial charge in [-0.1, -0.05) is 6.07 Å². The van der Waals surface area contributed by atoms with Crippen molar-refractivity contribution in [3.05, 3.63) is 40.6 Å². The number of ether oxygens (including phenoxy) is 1. The molecule has 0 amide bonds. The van der Waals surface area contributed by atoms with E-state index in [0.29, 0.717) is 0 Å². The highest BCUT2D eigenvalue weighted by atomic mass is 19.1. The van der Waals surface area contributed by atoms with Crippen molar-refractivity contribution in [3.63, 3.8) is 0 Å². The van der Waals surface area contributed by atoms with Crippen molar-refractivity contribution in [2.24, 2.45) is 0 Å². The van der Waals surface area contributed by atoms with Crippen molar-refractivity contribution >= 4 is 22.6 Å². The molecule has 0 saturated heterocycles. The summed E-state index contributed by atoms with van der Waals surface area (Å²) in [6.07, 6.45) is -0.723. The highest BCUT2D eigenvalue weighted by Gasteiger charge is 2.24. The zero-order valence-electron chi connectivity index (χ0n) is 10.1. The summed E-state index contributed by atoms with van der Waals surface area (Å²) in [7, 11) is 0. The number of halogens is 1. The van der Waals surface area contributed by atoms with Gasteiger partial charge in [0.15, 0.2) is 0 Å². The maximum atomic E-state index is 13.9. The molecule has 2 rings (SSSR count). The van der Waals surface area contributed by atoms with E-state index >= 15 is 0 Å². The van der Waals surface area contributed by atoms with E-state index in [1.54, 1.807) is 6.92 Å². The molecule has 100 valence electrons. The third-order valence-corrected chi connectivity index (χ3v) is 2.66. The second kappa shape index (κ2) is 5.05. The molecule has 19 heavy (non-hydrogen) atoms. The average Bonchev–Trinajstić information content (AvgIpc) is 2.81. The zero-order chi connectivity index (χ0) is 14.0. The molecule has 0 N–H and O–H groups in total. The first-order valence-corrected chi connectivity index (χ1v) is 5.61. The fraction of sp³-hybridized carbons (Fsp3) is 0.250. The number of carbonyl (C=O) groups excluding carboxylic acids is 1. The number of nitro benzene ring substituents is 1. The van der Waals surface area contributed by atoms with E-state index < -0.39 is 17.2 Å². The van der Waals surface area contributed by atoms with Crippen LogP contribution in [-0.4, -0.2) is 22.1 Å². The number of fused-ring (bicyclic) bond motifs is 1. The number of benzene rings is 1. The molecule has 0 aliphatic carbocycles. The lowest BCUT2D eigenvalue weighted by atomic mass is 10.2. The molecular weight excluding hydrogens is 255 g/mol. The van der Waals surface area contributed by atoms with Gasteiger partial charge in [0.25, 0.3) is 12.0 Å². The lowest BCUT2D eigenvalue weighted by molar-refractivity contribution is -0.383. The van der Waals surface area contributed by atoms with E-state index in [4.69, 9.17) is 0 Å². The molecular formula is C12H11FN2O4. The van der Waals surface area contributed by atoms with E-state index in [2.05, 4.69) is 4.74 Å². The Morgan fingerprint density at radius 3 is 2.89 bits per heavy atom. The molecule has 1 aromatic carbocycles. The molecule has 0 saturated carbocycles. The minimum atomic E-state index is -2.01. The highest BCUT2D eigenvalue weighted by molar-refractivity contribution is 5.90. The number of carbonyl (C=O) groups is 1. The van der Waals surface area contributed by atoms with Crippen LogP contribution in [0.4, 0.5) is 10.1 Å². The maximum absolute atomic E-state index is 13.9. The van der Waals surface area contributed by atoms with Crippen LogP contribution in [0.2, 0.25) is 0 Å². The van der Waals surface area contributed by atoms with Crippen LogP contribution in [0.1, 0.15) is 13.2 Å². The monoisotopic (exact) mass is 266 g/mol. The minimum Gasteiger partial charge on any atom is -0.462 e. The predicted octanol–water partition coefficient (Wildman–Crippen LogP) is 2.58. The molecule has 0 aliphatic rings. The van der Waals surface area contributed by atoms with Crippen LogP contribution in [0.3, 0.4) is 0 Å². The Morgan fingerprint density at radius 1 is 1.53 bits per heavy atom. The smallest absolute Gasteiger partial charge is 0.362 e. The Hall–Kier alpha value is -2.44. The highest BCUT2D eigenvalue weighted by Crippen LogP contribution is 2.29. The van der Waals surface area contributed by atoms with Gasteiger partial charge in [0, 0.05) is 12.3 Å². The van der Waals surface area contributed by atoms with E-state index in [0.717, 1.165) is 4.57 Å². The number of aromatic nitrogens is 1. The van der Waals surface area contributed by atoms with Crippen LogP contribution in [0.25, 0.3) is 10.9 Å². The predicted molar refractivity (Wildman–Crippen MR) is 65.4 cm³/mol. The maximum Gasteiger partial charge on any atom is 0.362 e. The molecule has 2 aromatic rings. The SMILES string of the molecule is CCOC(=O)C(F)n1ccc2c([N+](=O)[O-])cccc21. The van der Waals surface area contributed by atoms with Gasteiger partial charge < -0.3 is 9.30 Å². The summed E-state index contributed by atoms with van der Waals surface area (Å²) in [6, 6.07) is 5.67. The van der Waals surface area contributed by atoms with Crippen LogP contribution in [0.5, 0.6) is 0 Å². The van der Waals surface area contributed by atoms with Gasteiger partial charge in [-0.15, -0.1) is 0 Å². The number of nitro groups is 1. The fourth-order valence-electron chi connectivity index (χ4n) is 1.85. The van der Waals surface area contributed by atoms with E-state index in [-0.39, 0.29) is 23.2 Å². The van der Waals surface area contributed by atoms with Crippen LogP contribution in [0.15, 0.2) is 30.5 Å². The third-order valence-electron chi connectivity index (χ3n) is 2.66. The van der Waals surface area contributed by atoms with Crippen molar-refractivity contribution in [2.75, 3.05) is 6.61 Å². The summed E-state index contributed by atoms with van der Waals surface area (Å²) in [5.74, 6) is -1.02. The Balaban J connectivity index is 2.49. The number of rotatable bonds is 4. The summed E-state index contributed by atoms with van der Waals surface area (Å²) in [5.41, 5.74) is 0.141. The summed E-state index contributed by atoms with van der Waals surface area (Å²) < 4.78 is 19.5. The number of hydrogen-bond acceptors (Lipinski definition) is 4. The first-order valence-electron chi connectivity index (χ1n) is 5.61. The second-order valence-electron chi connectivity index (χ2n) is 3.78. The summed E-state index contributed by atoms with van der Waals surface area (Å²) in [6.45, 7) is 1.64. The Morgan fingerprint density at radius 2 is 2.26 bits per heavy atom. The van der Waals surface area contributed by atoms with Gasteiger partial charge in [-0.2, -0.15) is 0 Å². The average molecular weight is 266 g/mol. The zero-order valence-corrected chi connectivity index (χ0v) is 10.1. The van der Waals surface area contributed by atoms with E-state index in [1.807, 2.05) is 0 Å². The van der Waals surface area contributed by atoms with Gasteiger partial charge in [0.2, 0.25) is 0 Å². The van der Waals surface area contributed by atoms with E-state index in [9.17, 15) is 19.3 Å². The van der Waals surface area contributed by atoms with Crippen molar-refractivity contribution in [1.29, 1.82) is 0 Å². The standard InChI is InChI=1S/C12H11FN2O4/c1-2-19-12(16)11(13)14-7-6-8-9(14)4-3-5-10(8)15(17)18/h3-7,11H,2H2,1H3. The first kappa shape index (κ1) is 13.0. The Kier molecular flexibility index (Phi) is 3.46. The van der Waals surface area contributed by atoms with Gasteiger partial charge in [0.1, 0.15) is 0 Å². The number of hydrogen-bond donors (Lipinski definition) is 0. The molecule has 0 aliphatic heterocycles. The van der Waals surface area contributed by atoms with E-state index in [1.165, 1.54) is 30.5 Å². The normalized spacial score (nSPS) is 12.3. The second-order valence-corrected chi connectivity index (χ2v) is 3.78. The largest absolute Gasteiger partial charge is 0.462 e. The molecule has 1 unspecified atom stereocenters. The van der Waals surface area contributed by atoms with Crippen molar-refractivity contribution in [3.8, 4) is 0 Å². The molecule has 7 heteroatoms. The lowest BCUT2D eigenvalue weighted by Gasteiger charge is -2.10. The molecule has 0 fully saturated rings. The number of alkyl halides is 1. The van der Waals surface area contributed by atoms with Crippen LogP contribution in [-0.2, 0) is 9.53 Å². The molecule has 0 spiro atoms. The molecule has 1 heterocycles. The number of non-ortho nitro benzene ring substituents is 1. The molecule has 1 aromatic heterocycles. The number of esters is 1. The van der Waals surface area contributed by atoms with Crippen molar-refractivity contribution in [2.45, 2.75) is 13.2 Å².